The number of aryl methyl sites for hydroxylation is 1. The lowest BCUT2D eigenvalue weighted by molar-refractivity contribution is 0.870. The molecule has 0 bridgehead atoms. The van der Waals surface area contributed by atoms with Gasteiger partial charge in [0.15, 0.2) is 5.82 Å². The van der Waals surface area contributed by atoms with Crippen LogP contribution >= 0.6 is 12.2 Å². The average Bonchev–Trinajstić information content (AvgIpc) is 2.88. The molecule has 104 valence electrons. The van der Waals surface area contributed by atoms with Gasteiger partial charge in [-0.25, -0.2) is 5.10 Å². The SMILES string of the molecule is Cc1ccccc1-c1n[nH]c(=S)n1/N=C\c1ccncc1. The molecule has 3 aromatic rings. The normalized spacial score (nSPS) is 11.1. The van der Waals surface area contributed by atoms with E-state index in [0.29, 0.717) is 10.6 Å². The van der Waals surface area contributed by atoms with Crippen molar-refractivity contribution >= 4 is 18.4 Å². The number of pyridine rings is 1. The summed E-state index contributed by atoms with van der Waals surface area (Å²) in [6, 6.07) is 11.7. The molecule has 0 saturated heterocycles. The number of hydrogen-bond donors (Lipinski definition) is 1. The smallest absolute Gasteiger partial charge is 0.216 e. The summed E-state index contributed by atoms with van der Waals surface area (Å²) in [4.78, 5) is 3.98. The van der Waals surface area contributed by atoms with E-state index in [1.165, 1.54) is 0 Å². The Morgan fingerprint density at radius 2 is 1.95 bits per heavy atom. The quantitative estimate of drug-likeness (QED) is 0.596. The maximum atomic E-state index is 5.25. The zero-order chi connectivity index (χ0) is 14.7. The van der Waals surface area contributed by atoms with Crippen LogP contribution in [0, 0.1) is 11.7 Å². The Bertz CT molecular complexity index is 833. The van der Waals surface area contributed by atoms with Gasteiger partial charge < -0.3 is 0 Å². The number of benzene rings is 1. The highest BCUT2D eigenvalue weighted by molar-refractivity contribution is 7.71. The summed E-state index contributed by atoms with van der Waals surface area (Å²) in [5.41, 5.74) is 3.06. The first kappa shape index (κ1) is 13.4. The molecule has 0 amide bonds. The Hall–Kier alpha value is -2.60. The monoisotopic (exact) mass is 295 g/mol. The maximum absolute atomic E-state index is 5.25. The minimum Gasteiger partial charge on any atom is -0.265 e. The second kappa shape index (κ2) is 5.80. The van der Waals surface area contributed by atoms with Crippen LogP contribution in [0.1, 0.15) is 11.1 Å². The molecule has 0 aliphatic heterocycles. The Morgan fingerprint density at radius 1 is 1.19 bits per heavy atom. The number of nitrogens with zero attached hydrogens (tertiary/aromatic N) is 4. The number of rotatable bonds is 3. The van der Waals surface area contributed by atoms with E-state index in [1.54, 1.807) is 23.3 Å². The summed E-state index contributed by atoms with van der Waals surface area (Å²) in [7, 11) is 0. The Labute approximate surface area is 127 Å². The summed E-state index contributed by atoms with van der Waals surface area (Å²) in [6.45, 7) is 2.03. The number of H-pyrrole nitrogens is 1. The van der Waals surface area contributed by atoms with E-state index < -0.39 is 0 Å². The van der Waals surface area contributed by atoms with Gasteiger partial charge in [0.2, 0.25) is 4.77 Å². The molecule has 2 heterocycles. The first-order valence-corrected chi connectivity index (χ1v) is 6.84. The van der Waals surface area contributed by atoms with E-state index >= 15 is 0 Å². The first-order valence-electron chi connectivity index (χ1n) is 6.43. The zero-order valence-electron chi connectivity index (χ0n) is 11.4. The Kier molecular flexibility index (Phi) is 3.70. The molecule has 0 aliphatic carbocycles. The fourth-order valence-corrected chi connectivity index (χ4v) is 2.15. The predicted molar refractivity (Wildman–Crippen MR) is 84.8 cm³/mol. The third-order valence-electron chi connectivity index (χ3n) is 3.06. The third-order valence-corrected chi connectivity index (χ3v) is 3.33. The molecule has 0 saturated carbocycles. The van der Waals surface area contributed by atoms with Gasteiger partial charge in [-0.15, -0.1) is 0 Å². The van der Waals surface area contributed by atoms with Crippen LogP contribution in [0.3, 0.4) is 0 Å². The minimum absolute atomic E-state index is 0.457. The fraction of sp³-hybridized carbons (Fsp3) is 0.0667. The van der Waals surface area contributed by atoms with Crippen LogP contribution in [0.4, 0.5) is 0 Å². The van der Waals surface area contributed by atoms with Crippen LogP contribution in [0.25, 0.3) is 11.4 Å². The molecule has 0 spiro atoms. The molecule has 1 N–H and O–H groups in total. The molecular formula is C15H13N5S. The number of aromatic nitrogens is 4. The zero-order valence-corrected chi connectivity index (χ0v) is 12.2. The minimum atomic E-state index is 0.457. The second-order valence-corrected chi connectivity index (χ2v) is 4.89. The van der Waals surface area contributed by atoms with Gasteiger partial charge in [-0.1, -0.05) is 24.3 Å². The highest BCUT2D eigenvalue weighted by Gasteiger charge is 2.09. The van der Waals surface area contributed by atoms with E-state index in [4.69, 9.17) is 12.2 Å². The fourth-order valence-electron chi connectivity index (χ4n) is 1.97. The van der Waals surface area contributed by atoms with Gasteiger partial charge in [0.25, 0.3) is 0 Å². The molecule has 0 aliphatic rings. The summed E-state index contributed by atoms with van der Waals surface area (Å²) in [6.07, 6.45) is 5.17. The molecule has 0 atom stereocenters. The molecule has 5 nitrogen and oxygen atoms in total. The maximum Gasteiger partial charge on any atom is 0.216 e. The van der Waals surface area contributed by atoms with Crippen molar-refractivity contribution in [2.24, 2.45) is 5.10 Å². The standard InChI is InChI=1S/C15H13N5S/c1-11-4-2-3-5-13(11)14-18-19-15(21)20(14)17-10-12-6-8-16-9-7-12/h2-10H,1H3,(H,19,21)/b17-10-. The van der Waals surface area contributed by atoms with Crippen LogP contribution in [0.5, 0.6) is 0 Å². The number of hydrogen-bond acceptors (Lipinski definition) is 4. The van der Waals surface area contributed by atoms with Crippen LogP contribution in [0.2, 0.25) is 0 Å². The average molecular weight is 295 g/mol. The molecule has 6 heteroatoms. The Balaban J connectivity index is 2.05. The van der Waals surface area contributed by atoms with Crippen LogP contribution in [-0.4, -0.2) is 26.1 Å². The van der Waals surface area contributed by atoms with Crippen molar-refractivity contribution in [3.8, 4) is 11.4 Å². The van der Waals surface area contributed by atoms with Gasteiger partial charge in [-0.2, -0.15) is 14.9 Å². The summed E-state index contributed by atoms with van der Waals surface area (Å²) < 4.78 is 2.08. The van der Waals surface area contributed by atoms with Gasteiger partial charge in [0.1, 0.15) is 0 Å². The molecule has 21 heavy (non-hydrogen) atoms. The summed E-state index contributed by atoms with van der Waals surface area (Å²) in [5.74, 6) is 0.698. The third kappa shape index (κ3) is 2.80. The lowest BCUT2D eigenvalue weighted by atomic mass is 10.1. The van der Waals surface area contributed by atoms with Crippen LogP contribution in [-0.2, 0) is 0 Å². The van der Waals surface area contributed by atoms with E-state index in [-0.39, 0.29) is 0 Å². The van der Waals surface area contributed by atoms with Crippen molar-refractivity contribution in [2.45, 2.75) is 6.92 Å². The lowest BCUT2D eigenvalue weighted by Gasteiger charge is -2.04. The summed E-state index contributed by atoms with van der Waals surface area (Å²) in [5, 5.41) is 11.5. The molecule has 0 fully saturated rings. The van der Waals surface area contributed by atoms with Crippen molar-refractivity contribution in [1.29, 1.82) is 0 Å². The van der Waals surface area contributed by atoms with E-state index in [9.17, 15) is 0 Å². The van der Waals surface area contributed by atoms with Crippen molar-refractivity contribution in [3.05, 3.63) is 64.7 Å². The molecule has 0 unspecified atom stereocenters. The predicted octanol–water partition coefficient (Wildman–Crippen LogP) is 3.19. The van der Waals surface area contributed by atoms with Gasteiger partial charge in [0, 0.05) is 18.0 Å². The molecule has 0 radical (unpaired) electrons. The summed E-state index contributed by atoms with van der Waals surface area (Å²) >= 11 is 5.25. The highest BCUT2D eigenvalue weighted by Crippen LogP contribution is 2.21. The van der Waals surface area contributed by atoms with Gasteiger partial charge in [-0.3, -0.25) is 4.98 Å². The molecule has 1 aromatic carbocycles. The van der Waals surface area contributed by atoms with Crippen molar-refractivity contribution in [3.63, 3.8) is 0 Å². The number of nitrogens with one attached hydrogen (secondary N) is 1. The van der Waals surface area contributed by atoms with Gasteiger partial charge in [-0.05, 0) is 42.4 Å². The highest BCUT2D eigenvalue weighted by atomic mass is 32.1. The van der Waals surface area contributed by atoms with Gasteiger partial charge in [0.05, 0.1) is 6.21 Å². The lowest BCUT2D eigenvalue weighted by Crippen LogP contribution is -1.96. The van der Waals surface area contributed by atoms with E-state index in [0.717, 1.165) is 16.7 Å². The topological polar surface area (TPSA) is 58.9 Å². The molecular weight excluding hydrogens is 282 g/mol. The van der Waals surface area contributed by atoms with Crippen molar-refractivity contribution < 1.29 is 0 Å². The van der Waals surface area contributed by atoms with Crippen molar-refractivity contribution in [1.82, 2.24) is 19.9 Å². The second-order valence-electron chi connectivity index (χ2n) is 4.50. The van der Waals surface area contributed by atoms with Crippen LogP contribution in [0.15, 0.2) is 53.9 Å². The largest absolute Gasteiger partial charge is 0.265 e. The first-order chi connectivity index (χ1) is 10.3. The van der Waals surface area contributed by atoms with Crippen LogP contribution < -0.4 is 0 Å². The molecule has 2 aromatic heterocycles. The van der Waals surface area contributed by atoms with E-state index in [1.807, 2.05) is 43.3 Å². The Morgan fingerprint density at radius 3 is 2.71 bits per heavy atom. The number of aromatic amines is 1. The molecule has 3 rings (SSSR count). The van der Waals surface area contributed by atoms with E-state index in [2.05, 4.69) is 20.3 Å². The van der Waals surface area contributed by atoms with Crippen molar-refractivity contribution in [2.75, 3.05) is 0 Å². The van der Waals surface area contributed by atoms with Gasteiger partial charge >= 0.3 is 0 Å².